The normalized spacial score (nSPS) is 18.3. The minimum atomic E-state index is -0.818. The number of benzene rings is 1. The Bertz CT molecular complexity index is 669. The number of rotatable bonds is 2. The molecular formula is C12H10O5S. The average Bonchev–Trinajstić information content (AvgIpc) is 2.64. The van der Waals surface area contributed by atoms with E-state index in [4.69, 9.17) is 14.3 Å². The molecule has 0 amide bonds. The molecule has 0 radical (unpaired) electrons. The smallest absolute Gasteiger partial charge is 0.396 e. The van der Waals surface area contributed by atoms with E-state index in [0.29, 0.717) is 24.4 Å². The zero-order valence-electron chi connectivity index (χ0n) is 9.34. The van der Waals surface area contributed by atoms with E-state index in [2.05, 4.69) is 0 Å². The SMILES string of the molecule is O=C(O)CC1COc2cc3oc(=O)sc3cc2C1. The summed E-state index contributed by atoms with van der Waals surface area (Å²) < 4.78 is 11.3. The van der Waals surface area contributed by atoms with Crippen LogP contribution in [-0.4, -0.2) is 17.7 Å². The molecule has 0 bridgehead atoms. The monoisotopic (exact) mass is 266 g/mol. The number of hydrogen-bond donors (Lipinski definition) is 1. The maximum absolute atomic E-state index is 11.1. The van der Waals surface area contributed by atoms with Gasteiger partial charge in [-0.2, -0.15) is 0 Å². The number of aliphatic carboxylic acids is 1. The van der Waals surface area contributed by atoms with Crippen molar-refractivity contribution in [1.82, 2.24) is 0 Å². The van der Waals surface area contributed by atoms with Crippen LogP contribution in [0.2, 0.25) is 0 Å². The molecule has 2 aromatic rings. The fourth-order valence-corrected chi connectivity index (χ4v) is 2.91. The van der Waals surface area contributed by atoms with Gasteiger partial charge in [-0.25, -0.2) is 4.79 Å². The van der Waals surface area contributed by atoms with Crippen molar-refractivity contribution in [3.05, 3.63) is 27.4 Å². The van der Waals surface area contributed by atoms with Crippen LogP contribution in [0, 0.1) is 5.92 Å². The van der Waals surface area contributed by atoms with Gasteiger partial charge in [-0.05, 0) is 18.1 Å². The molecule has 1 aromatic carbocycles. The highest BCUT2D eigenvalue weighted by atomic mass is 32.1. The number of fused-ring (bicyclic) bond motifs is 2. The van der Waals surface area contributed by atoms with Gasteiger partial charge in [0.05, 0.1) is 17.7 Å². The van der Waals surface area contributed by atoms with Crippen molar-refractivity contribution in [2.24, 2.45) is 5.92 Å². The maximum atomic E-state index is 11.1. The van der Waals surface area contributed by atoms with Gasteiger partial charge in [0.1, 0.15) is 5.75 Å². The second-order valence-corrected chi connectivity index (χ2v) is 5.32. The topological polar surface area (TPSA) is 76.7 Å². The summed E-state index contributed by atoms with van der Waals surface area (Å²) in [5.74, 6) is -0.150. The van der Waals surface area contributed by atoms with Crippen LogP contribution in [0.5, 0.6) is 5.75 Å². The van der Waals surface area contributed by atoms with E-state index in [9.17, 15) is 9.59 Å². The Hall–Kier alpha value is -1.82. The summed E-state index contributed by atoms with van der Waals surface area (Å²) in [6.45, 7) is 0.388. The highest BCUT2D eigenvalue weighted by molar-refractivity contribution is 7.16. The molecule has 5 nitrogen and oxygen atoms in total. The molecule has 1 aromatic heterocycles. The van der Waals surface area contributed by atoms with E-state index in [1.54, 1.807) is 6.07 Å². The zero-order chi connectivity index (χ0) is 12.7. The molecular weight excluding hydrogens is 256 g/mol. The second-order valence-electron chi connectivity index (χ2n) is 4.34. The van der Waals surface area contributed by atoms with E-state index in [0.717, 1.165) is 21.6 Å². The third-order valence-corrected chi connectivity index (χ3v) is 3.75. The first-order valence-electron chi connectivity index (χ1n) is 5.53. The molecule has 0 aliphatic carbocycles. The van der Waals surface area contributed by atoms with Crippen LogP contribution < -0.4 is 9.68 Å². The standard InChI is InChI=1S/C12H10O5S/c13-11(14)2-6-1-7-3-10-9(17-12(15)18-10)4-8(7)16-5-6/h3-4,6H,1-2,5H2,(H,13,14). The molecule has 1 unspecified atom stereocenters. The minimum absolute atomic E-state index is 0.0175. The molecule has 2 heterocycles. The van der Waals surface area contributed by atoms with Gasteiger partial charge in [0.15, 0.2) is 5.58 Å². The first-order valence-corrected chi connectivity index (χ1v) is 6.34. The number of hydrogen-bond acceptors (Lipinski definition) is 5. The fraction of sp³-hybridized carbons (Fsp3) is 0.333. The van der Waals surface area contributed by atoms with Gasteiger partial charge in [-0.1, -0.05) is 11.3 Å². The van der Waals surface area contributed by atoms with Crippen LogP contribution >= 0.6 is 11.3 Å². The molecule has 94 valence electrons. The molecule has 0 spiro atoms. The van der Waals surface area contributed by atoms with Crippen molar-refractivity contribution in [2.45, 2.75) is 12.8 Å². The lowest BCUT2D eigenvalue weighted by atomic mass is 9.94. The van der Waals surface area contributed by atoms with Gasteiger partial charge in [0.2, 0.25) is 0 Å². The van der Waals surface area contributed by atoms with Gasteiger partial charge in [-0.15, -0.1) is 0 Å². The van der Waals surface area contributed by atoms with Crippen molar-refractivity contribution in [3.8, 4) is 5.75 Å². The van der Waals surface area contributed by atoms with Crippen LogP contribution in [-0.2, 0) is 11.2 Å². The van der Waals surface area contributed by atoms with Crippen LogP contribution in [0.3, 0.4) is 0 Å². The van der Waals surface area contributed by atoms with Gasteiger partial charge in [-0.3, -0.25) is 4.79 Å². The fourth-order valence-electron chi connectivity index (χ4n) is 2.19. The molecule has 18 heavy (non-hydrogen) atoms. The average molecular weight is 266 g/mol. The van der Waals surface area contributed by atoms with Gasteiger partial charge < -0.3 is 14.3 Å². The molecule has 1 atom stereocenters. The largest absolute Gasteiger partial charge is 0.493 e. The zero-order valence-corrected chi connectivity index (χ0v) is 10.2. The Morgan fingerprint density at radius 2 is 2.33 bits per heavy atom. The predicted octanol–water partition coefficient (Wildman–Crippen LogP) is 1.88. The highest BCUT2D eigenvalue weighted by Crippen LogP contribution is 2.33. The van der Waals surface area contributed by atoms with Gasteiger partial charge in [0.25, 0.3) is 0 Å². The molecule has 0 fully saturated rings. The summed E-state index contributed by atoms with van der Waals surface area (Å²) >= 11 is 1.05. The lowest BCUT2D eigenvalue weighted by Gasteiger charge is -2.23. The molecule has 3 rings (SSSR count). The Labute approximate surface area is 106 Å². The molecule has 6 heteroatoms. The molecule has 1 N–H and O–H groups in total. The van der Waals surface area contributed by atoms with Crippen molar-refractivity contribution >= 4 is 27.6 Å². The van der Waals surface area contributed by atoms with Crippen molar-refractivity contribution < 1.29 is 19.1 Å². The van der Waals surface area contributed by atoms with Crippen molar-refractivity contribution in [1.29, 1.82) is 0 Å². The Morgan fingerprint density at radius 1 is 1.50 bits per heavy atom. The number of carbonyl (C=O) groups is 1. The van der Waals surface area contributed by atoms with Crippen molar-refractivity contribution in [3.63, 3.8) is 0 Å². The third-order valence-electron chi connectivity index (χ3n) is 2.96. The Balaban J connectivity index is 1.97. The lowest BCUT2D eigenvalue weighted by molar-refractivity contribution is -0.138. The quantitative estimate of drug-likeness (QED) is 0.898. The van der Waals surface area contributed by atoms with E-state index < -0.39 is 5.97 Å². The summed E-state index contributed by atoms with van der Waals surface area (Å²) in [6.07, 6.45) is 0.753. The van der Waals surface area contributed by atoms with Gasteiger partial charge in [0, 0.05) is 12.0 Å². The van der Waals surface area contributed by atoms with E-state index in [1.165, 1.54) is 0 Å². The number of carboxylic acid groups (broad SMARTS) is 1. The summed E-state index contributed by atoms with van der Waals surface area (Å²) in [6, 6.07) is 3.56. The molecule has 0 saturated heterocycles. The molecule has 1 aliphatic heterocycles. The number of ether oxygens (including phenoxy) is 1. The maximum Gasteiger partial charge on any atom is 0.396 e. The Morgan fingerprint density at radius 3 is 3.11 bits per heavy atom. The van der Waals surface area contributed by atoms with E-state index in [1.807, 2.05) is 6.07 Å². The predicted molar refractivity (Wildman–Crippen MR) is 65.3 cm³/mol. The summed E-state index contributed by atoms with van der Waals surface area (Å²) in [7, 11) is 0. The highest BCUT2D eigenvalue weighted by Gasteiger charge is 2.23. The first-order chi connectivity index (χ1) is 8.61. The third kappa shape index (κ3) is 1.99. The summed E-state index contributed by atoms with van der Waals surface area (Å²) in [5, 5.41) is 8.78. The molecule has 0 saturated carbocycles. The lowest BCUT2D eigenvalue weighted by Crippen LogP contribution is -2.23. The van der Waals surface area contributed by atoms with Crippen LogP contribution in [0.15, 0.2) is 21.3 Å². The van der Waals surface area contributed by atoms with Crippen LogP contribution in [0.1, 0.15) is 12.0 Å². The van der Waals surface area contributed by atoms with Crippen LogP contribution in [0.25, 0.3) is 10.3 Å². The number of carboxylic acids is 1. The van der Waals surface area contributed by atoms with Gasteiger partial charge >= 0.3 is 10.9 Å². The minimum Gasteiger partial charge on any atom is -0.493 e. The van der Waals surface area contributed by atoms with E-state index in [-0.39, 0.29) is 17.3 Å². The second kappa shape index (κ2) is 4.13. The van der Waals surface area contributed by atoms with E-state index >= 15 is 0 Å². The molecule has 1 aliphatic rings. The summed E-state index contributed by atoms with van der Waals surface area (Å²) in [5.41, 5.74) is 1.47. The Kier molecular flexibility index (Phi) is 2.59. The van der Waals surface area contributed by atoms with Crippen LogP contribution in [0.4, 0.5) is 0 Å². The summed E-state index contributed by atoms with van der Waals surface area (Å²) in [4.78, 5) is 21.5. The van der Waals surface area contributed by atoms with Crippen molar-refractivity contribution in [2.75, 3.05) is 6.61 Å². The first kappa shape index (κ1) is 11.3.